The van der Waals surface area contributed by atoms with Gasteiger partial charge >= 0.3 is 0 Å². The molecule has 2 amide bonds. The first-order chi connectivity index (χ1) is 14.7. The highest BCUT2D eigenvalue weighted by atomic mass is 16.2. The van der Waals surface area contributed by atoms with Crippen LogP contribution in [-0.4, -0.2) is 29.8 Å². The van der Waals surface area contributed by atoms with Gasteiger partial charge in [0, 0.05) is 17.7 Å². The van der Waals surface area contributed by atoms with Gasteiger partial charge in [-0.1, -0.05) is 87.8 Å². The highest BCUT2D eigenvalue weighted by molar-refractivity contribution is 6.10. The van der Waals surface area contributed by atoms with Crippen LogP contribution >= 0.6 is 0 Å². The number of nitrogens with zero attached hydrogens (tertiary/aromatic N) is 1. The Hall–Kier alpha value is -2.46. The molecule has 2 aromatic rings. The van der Waals surface area contributed by atoms with E-state index in [2.05, 4.69) is 0 Å². The zero-order valence-electron chi connectivity index (χ0n) is 18.1. The van der Waals surface area contributed by atoms with Crippen molar-refractivity contribution < 1.29 is 9.59 Å². The first-order valence-corrected chi connectivity index (χ1v) is 11.4. The normalized spacial score (nSPS) is 10.7. The summed E-state index contributed by atoms with van der Waals surface area (Å²) in [6, 6.07) is 18.1. The number of carbonyl (C=O) groups excluding carboxylic acids is 2. The van der Waals surface area contributed by atoms with Gasteiger partial charge in [0.2, 0.25) is 0 Å². The number of nitrogens with two attached hydrogens (primary N) is 1. The minimum Gasteiger partial charge on any atom is -0.330 e. The van der Waals surface area contributed by atoms with Crippen LogP contribution in [0.2, 0.25) is 0 Å². The van der Waals surface area contributed by atoms with Crippen LogP contribution in [0.3, 0.4) is 0 Å². The van der Waals surface area contributed by atoms with Crippen molar-refractivity contribution in [3.63, 3.8) is 0 Å². The third-order valence-electron chi connectivity index (χ3n) is 5.37. The standard InChI is InChI=1S/C26H36N2O2/c27-21-15-7-5-3-1-2-4-6-8-16-22-28(25(29)23-17-11-9-12-18-23)26(30)24-19-13-10-14-20-24/h9-14,17-20H,1-8,15-16,21-22,27H2. The van der Waals surface area contributed by atoms with E-state index in [9.17, 15) is 9.59 Å². The summed E-state index contributed by atoms with van der Waals surface area (Å²) >= 11 is 0. The van der Waals surface area contributed by atoms with E-state index in [0.29, 0.717) is 17.7 Å². The van der Waals surface area contributed by atoms with E-state index >= 15 is 0 Å². The van der Waals surface area contributed by atoms with Gasteiger partial charge in [-0.2, -0.15) is 0 Å². The zero-order valence-corrected chi connectivity index (χ0v) is 18.1. The second-order valence-electron chi connectivity index (χ2n) is 7.82. The Bertz CT molecular complexity index is 680. The second kappa shape index (κ2) is 14.5. The van der Waals surface area contributed by atoms with E-state index in [1.807, 2.05) is 36.4 Å². The molecule has 0 saturated heterocycles. The van der Waals surface area contributed by atoms with E-state index in [0.717, 1.165) is 32.2 Å². The quantitative estimate of drug-likeness (QED) is 0.316. The molecule has 0 unspecified atom stereocenters. The summed E-state index contributed by atoms with van der Waals surface area (Å²) in [5.74, 6) is -0.441. The fourth-order valence-corrected chi connectivity index (χ4v) is 3.60. The Morgan fingerprint density at radius 3 is 1.33 bits per heavy atom. The van der Waals surface area contributed by atoms with E-state index in [-0.39, 0.29) is 11.8 Å². The van der Waals surface area contributed by atoms with E-state index in [1.54, 1.807) is 24.3 Å². The van der Waals surface area contributed by atoms with Crippen molar-refractivity contribution in [2.24, 2.45) is 5.73 Å². The third-order valence-corrected chi connectivity index (χ3v) is 5.37. The molecule has 0 aliphatic rings. The summed E-state index contributed by atoms with van der Waals surface area (Å²) in [4.78, 5) is 27.3. The van der Waals surface area contributed by atoms with Gasteiger partial charge in [-0.15, -0.1) is 0 Å². The van der Waals surface area contributed by atoms with Gasteiger partial charge in [0.25, 0.3) is 11.8 Å². The SMILES string of the molecule is NCCCCCCCCCCCCN(C(=O)c1ccccc1)C(=O)c1ccccc1. The maximum atomic E-state index is 13.0. The van der Waals surface area contributed by atoms with Gasteiger partial charge in [-0.25, -0.2) is 0 Å². The Morgan fingerprint density at radius 2 is 0.933 bits per heavy atom. The Labute approximate surface area is 181 Å². The lowest BCUT2D eigenvalue weighted by atomic mass is 10.1. The molecule has 2 aromatic carbocycles. The molecule has 0 aromatic heterocycles. The molecular formula is C26H36N2O2. The fourth-order valence-electron chi connectivity index (χ4n) is 3.60. The minimum atomic E-state index is -0.220. The molecule has 4 nitrogen and oxygen atoms in total. The largest absolute Gasteiger partial charge is 0.330 e. The highest BCUT2D eigenvalue weighted by Gasteiger charge is 2.23. The van der Waals surface area contributed by atoms with E-state index in [4.69, 9.17) is 5.73 Å². The highest BCUT2D eigenvalue weighted by Crippen LogP contribution is 2.14. The number of carbonyl (C=O) groups is 2. The van der Waals surface area contributed by atoms with Crippen molar-refractivity contribution in [1.29, 1.82) is 0 Å². The maximum Gasteiger partial charge on any atom is 0.260 e. The maximum absolute atomic E-state index is 13.0. The smallest absolute Gasteiger partial charge is 0.260 e. The first kappa shape index (κ1) is 23.8. The Balaban J connectivity index is 1.78. The molecule has 0 aliphatic carbocycles. The lowest BCUT2D eigenvalue weighted by Crippen LogP contribution is -2.37. The van der Waals surface area contributed by atoms with Crippen molar-refractivity contribution in [1.82, 2.24) is 4.90 Å². The van der Waals surface area contributed by atoms with Gasteiger partial charge in [-0.05, 0) is 43.7 Å². The van der Waals surface area contributed by atoms with Crippen LogP contribution in [0.25, 0.3) is 0 Å². The Kier molecular flexibility index (Phi) is 11.5. The first-order valence-electron chi connectivity index (χ1n) is 11.4. The lowest BCUT2D eigenvalue weighted by molar-refractivity contribution is 0.0613. The molecule has 0 fully saturated rings. The average molecular weight is 409 g/mol. The minimum absolute atomic E-state index is 0.220. The van der Waals surface area contributed by atoms with Crippen molar-refractivity contribution >= 4 is 11.8 Å². The van der Waals surface area contributed by atoms with Crippen LogP contribution < -0.4 is 5.73 Å². The molecule has 30 heavy (non-hydrogen) atoms. The molecule has 4 heteroatoms. The second-order valence-corrected chi connectivity index (χ2v) is 7.82. The molecule has 0 radical (unpaired) electrons. The number of imide groups is 1. The van der Waals surface area contributed by atoms with Gasteiger partial charge in [0.05, 0.1) is 0 Å². The van der Waals surface area contributed by atoms with Crippen molar-refractivity contribution in [2.75, 3.05) is 13.1 Å². The Morgan fingerprint density at radius 1 is 0.567 bits per heavy atom. The van der Waals surface area contributed by atoms with Crippen LogP contribution in [0.15, 0.2) is 60.7 Å². The number of rotatable bonds is 14. The number of amides is 2. The van der Waals surface area contributed by atoms with Crippen molar-refractivity contribution in [3.05, 3.63) is 71.8 Å². The summed E-state index contributed by atoms with van der Waals surface area (Å²) in [7, 11) is 0. The predicted octanol–water partition coefficient (Wildman–Crippen LogP) is 5.83. The molecule has 0 heterocycles. The summed E-state index contributed by atoms with van der Waals surface area (Å²) in [6.45, 7) is 1.26. The molecule has 0 spiro atoms. The molecule has 0 bridgehead atoms. The monoisotopic (exact) mass is 408 g/mol. The predicted molar refractivity (Wildman–Crippen MR) is 123 cm³/mol. The van der Waals surface area contributed by atoms with E-state index < -0.39 is 0 Å². The van der Waals surface area contributed by atoms with Gasteiger partial charge < -0.3 is 5.73 Å². The summed E-state index contributed by atoms with van der Waals surface area (Å²) in [5.41, 5.74) is 6.62. The van der Waals surface area contributed by atoms with Crippen molar-refractivity contribution in [2.45, 2.75) is 64.2 Å². The fraction of sp³-hybridized carbons (Fsp3) is 0.462. The molecule has 2 rings (SSSR count). The molecular weight excluding hydrogens is 372 g/mol. The molecule has 162 valence electrons. The van der Waals surface area contributed by atoms with Crippen LogP contribution in [0.5, 0.6) is 0 Å². The van der Waals surface area contributed by atoms with Gasteiger partial charge in [0.15, 0.2) is 0 Å². The zero-order chi connectivity index (χ0) is 21.4. The van der Waals surface area contributed by atoms with Crippen LogP contribution in [0.1, 0.15) is 84.9 Å². The van der Waals surface area contributed by atoms with Crippen LogP contribution in [0.4, 0.5) is 0 Å². The average Bonchev–Trinajstić information content (AvgIpc) is 2.80. The summed E-state index contributed by atoms with van der Waals surface area (Å²) in [6.07, 6.45) is 11.8. The van der Waals surface area contributed by atoms with Crippen LogP contribution in [-0.2, 0) is 0 Å². The lowest BCUT2D eigenvalue weighted by Gasteiger charge is -2.21. The van der Waals surface area contributed by atoms with Crippen molar-refractivity contribution in [3.8, 4) is 0 Å². The molecule has 0 aliphatic heterocycles. The molecule has 2 N–H and O–H groups in total. The number of unbranched alkanes of at least 4 members (excludes halogenated alkanes) is 9. The number of hydrogen-bond acceptors (Lipinski definition) is 3. The molecule has 0 atom stereocenters. The van der Waals surface area contributed by atoms with E-state index in [1.165, 1.54) is 43.4 Å². The molecule has 0 saturated carbocycles. The topological polar surface area (TPSA) is 63.4 Å². The number of hydrogen-bond donors (Lipinski definition) is 1. The van der Waals surface area contributed by atoms with Gasteiger partial charge in [-0.3, -0.25) is 14.5 Å². The third kappa shape index (κ3) is 8.50. The van der Waals surface area contributed by atoms with Crippen LogP contribution in [0, 0.1) is 0 Å². The summed E-state index contributed by atoms with van der Waals surface area (Å²) in [5, 5.41) is 0. The summed E-state index contributed by atoms with van der Waals surface area (Å²) < 4.78 is 0. The van der Waals surface area contributed by atoms with Gasteiger partial charge in [0.1, 0.15) is 0 Å². The number of benzene rings is 2.